The summed E-state index contributed by atoms with van der Waals surface area (Å²) in [5, 5.41) is 14.6. The maximum atomic E-state index is 12.1. The zero-order chi connectivity index (χ0) is 18.8. The van der Waals surface area contributed by atoms with Crippen LogP contribution in [0.5, 0.6) is 11.5 Å². The lowest BCUT2D eigenvalue weighted by Gasteiger charge is -2.02. The lowest BCUT2D eigenvalue weighted by Crippen LogP contribution is -2.05. The Morgan fingerprint density at radius 1 is 1.15 bits per heavy atom. The normalized spacial score (nSPS) is 12.0. The van der Waals surface area contributed by atoms with Crippen molar-refractivity contribution in [3.05, 3.63) is 69.9 Å². The number of benzene rings is 2. The summed E-state index contributed by atoms with van der Waals surface area (Å²) in [6.07, 6.45) is 0. The van der Waals surface area contributed by atoms with Gasteiger partial charge < -0.3 is 18.7 Å². The molecule has 9 nitrogen and oxygen atoms in total. The van der Waals surface area contributed by atoms with Gasteiger partial charge >= 0.3 is 5.97 Å². The number of esters is 1. The number of hydrogen-bond donors (Lipinski definition) is 0. The lowest BCUT2D eigenvalue weighted by molar-refractivity contribution is -0.384. The molecule has 1 aliphatic rings. The van der Waals surface area contributed by atoms with Gasteiger partial charge in [0.15, 0.2) is 17.3 Å². The fraction of sp³-hybridized carbons (Fsp3) is 0.111. The van der Waals surface area contributed by atoms with Crippen molar-refractivity contribution < 1.29 is 28.5 Å². The van der Waals surface area contributed by atoms with Gasteiger partial charge in [-0.05, 0) is 24.3 Å². The van der Waals surface area contributed by atoms with E-state index >= 15 is 0 Å². The Balaban J connectivity index is 1.43. The van der Waals surface area contributed by atoms with Gasteiger partial charge in [0, 0.05) is 23.8 Å². The van der Waals surface area contributed by atoms with E-state index in [0.29, 0.717) is 23.0 Å². The van der Waals surface area contributed by atoms with Gasteiger partial charge in [0.25, 0.3) is 5.69 Å². The molecule has 0 unspecified atom stereocenters. The average Bonchev–Trinajstić information content (AvgIpc) is 3.34. The predicted octanol–water partition coefficient (Wildman–Crippen LogP) is 3.34. The predicted molar refractivity (Wildman–Crippen MR) is 90.3 cm³/mol. The third kappa shape index (κ3) is 3.43. The van der Waals surface area contributed by atoms with Crippen molar-refractivity contribution in [3.8, 4) is 22.8 Å². The molecular formula is C18H12N2O7. The Morgan fingerprint density at radius 3 is 2.85 bits per heavy atom. The Labute approximate surface area is 152 Å². The average molecular weight is 368 g/mol. The minimum absolute atomic E-state index is 0.0867. The summed E-state index contributed by atoms with van der Waals surface area (Å²) in [5.41, 5.74) is 1.05. The van der Waals surface area contributed by atoms with Crippen LogP contribution < -0.4 is 9.47 Å². The number of nitro benzene ring substituents is 1. The summed E-state index contributed by atoms with van der Waals surface area (Å²) in [4.78, 5) is 22.3. The molecule has 9 heteroatoms. The van der Waals surface area contributed by atoms with Gasteiger partial charge in [0.05, 0.1) is 10.5 Å². The van der Waals surface area contributed by atoms with Crippen LogP contribution >= 0.6 is 0 Å². The van der Waals surface area contributed by atoms with Gasteiger partial charge in [0.2, 0.25) is 6.79 Å². The highest BCUT2D eigenvalue weighted by Gasteiger charge is 2.17. The minimum atomic E-state index is -0.689. The second-order valence-electron chi connectivity index (χ2n) is 5.63. The van der Waals surface area contributed by atoms with E-state index in [1.807, 2.05) is 0 Å². The van der Waals surface area contributed by atoms with E-state index in [-0.39, 0.29) is 24.7 Å². The molecule has 0 amide bonds. The van der Waals surface area contributed by atoms with Crippen molar-refractivity contribution in [2.24, 2.45) is 0 Å². The third-order valence-corrected chi connectivity index (χ3v) is 3.86. The van der Waals surface area contributed by atoms with Crippen LogP contribution in [-0.2, 0) is 11.3 Å². The number of hydrogen-bond acceptors (Lipinski definition) is 8. The first kappa shape index (κ1) is 16.6. The highest BCUT2D eigenvalue weighted by Crippen LogP contribution is 2.36. The molecule has 4 rings (SSSR count). The number of carbonyl (C=O) groups is 1. The molecule has 0 N–H and O–H groups in total. The molecule has 0 saturated carbocycles. The highest BCUT2D eigenvalue weighted by atomic mass is 16.7. The first-order valence-electron chi connectivity index (χ1n) is 7.87. The minimum Gasteiger partial charge on any atom is -0.455 e. The van der Waals surface area contributed by atoms with Crippen molar-refractivity contribution in [2.45, 2.75) is 6.61 Å². The molecule has 0 spiro atoms. The van der Waals surface area contributed by atoms with Crippen LogP contribution in [0.1, 0.15) is 16.1 Å². The number of nitrogens with zero attached hydrogens (tertiary/aromatic N) is 2. The van der Waals surface area contributed by atoms with Gasteiger partial charge in [-0.3, -0.25) is 10.1 Å². The van der Waals surface area contributed by atoms with E-state index in [1.54, 1.807) is 24.3 Å². The topological polar surface area (TPSA) is 114 Å². The Bertz CT molecular complexity index is 1030. The number of rotatable bonds is 5. The maximum absolute atomic E-state index is 12.1. The van der Waals surface area contributed by atoms with Gasteiger partial charge in [-0.2, -0.15) is 0 Å². The number of aromatic nitrogens is 1. The van der Waals surface area contributed by atoms with Gasteiger partial charge in [-0.15, -0.1) is 0 Å². The van der Waals surface area contributed by atoms with Crippen molar-refractivity contribution >= 4 is 11.7 Å². The quantitative estimate of drug-likeness (QED) is 0.383. The number of nitro groups is 1. The second-order valence-corrected chi connectivity index (χ2v) is 5.63. The third-order valence-electron chi connectivity index (χ3n) is 3.86. The molecule has 1 aliphatic heterocycles. The summed E-state index contributed by atoms with van der Waals surface area (Å²) >= 11 is 0. The van der Waals surface area contributed by atoms with Crippen LogP contribution in [0.2, 0.25) is 0 Å². The van der Waals surface area contributed by atoms with E-state index < -0.39 is 10.9 Å². The maximum Gasteiger partial charge on any atom is 0.338 e. The first-order chi connectivity index (χ1) is 13.1. The van der Waals surface area contributed by atoms with Crippen LogP contribution in [-0.4, -0.2) is 22.8 Å². The molecule has 2 aromatic carbocycles. The zero-order valence-electron chi connectivity index (χ0n) is 13.8. The van der Waals surface area contributed by atoms with E-state index in [9.17, 15) is 14.9 Å². The molecule has 3 aromatic rings. The molecule has 0 fully saturated rings. The fourth-order valence-electron chi connectivity index (χ4n) is 2.53. The monoisotopic (exact) mass is 368 g/mol. The number of non-ortho nitro benzene ring substituents is 1. The molecular weight excluding hydrogens is 356 g/mol. The smallest absolute Gasteiger partial charge is 0.338 e. The lowest BCUT2D eigenvalue weighted by atomic mass is 10.1. The molecule has 2 heterocycles. The zero-order valence-corrected chi connectivity index (χ0v) is 13.8. The van der Waals surface area contributed by atoms with Crippen LogP contribution in [0.3, 0.4) is 0 Å². The molecule has 0 bridgehead atoms. The Hall–Kier alpha value is -3.88. The van der Waals surface area contributed by atoms with Crippen molar-refractivity contribution in [2.75, 3.05) is 6.79 Å². The number of fused-ring (bicyclic) bond motifs is 1. The van der Waals surface area contributed by atoms with Crippen molar-refractivity contribution in [1.82, 2.24) is 5.16 Å². The standard InChI is InChI=1S/C18H12N2O7/c21-18(12-2-1-3-14(6-12)20(22)23)24-9-13-8-16(27-19-13)11-4-5-15-17(7-11)26-10-25-15/h1-8H,9-10H2. The van der Waals surface area contributed by atoms with Gasteiger partial charge in [0.1, 0.15) is 12.3 Å². The van der Waals surface area contributed by atoms with Gasteiger partial charge in [-0.1, -0.05) is 11.2 Å². The largest absolute Gasteiger partial charge is 0.455 e. The molecule has 0 atom stereocenters. The molecule has 136 valence electrons. The van der Waals surface area contributed by atoms with E-state index in [4.69, 9.17) is 18.7 Å². The number of ether oxygens (including phenoxy) is 3. The Morgan fingerprint density at radius 2 is 2.00 bits per heavy atom. The first-order valence-corrected chi connectivity index (χ1v) is 7.87. The van der Waals surface area contributed by atoms with E-state index in [2.05, 4.69) is 5.16 Å². The van der Waals surface area contributed by atoms with Crippen LogP contribution in [0.15, 0.2) is 53.1 Å². The second kappa shape index (κ2) is 6.79. The molecule has 0 radical (unpaired) electrons. The summed E-state index contributed by atoms with van der Waals surface area (Å²) in [7, 11) is 0. The molecule has 27 heavy (non-hydrogen) atoms. The van der Waals surface area contributed by atoms with E-state index in [0.717, 1.165) is 11.6 Å². The molecule has 1 aromatic heterocycles. The van der Waals surface area contributed by atoms with Crippen molar-refractivity contribution in [3.63, 3.8) is 0 Å². The Kier molecular flexibility index (Phi) is 4.17. The SMILES string of the molecule is O=C(OCc1cc(-c2ccc3c(c2)OCO3)on1)c1cccc([N+](=O)[O-])c1. The van der Waals surface area contributed by atoms with E-state index in [1.165, 1.54) is 18.2 Å². The summed E-state index contributed by atoms with van der Waals surface area (Å²) in [6, 6.07) is 12.3. The van der Waals surface area contributed by atoms with Crippen LogP contribution in [0, 0.1) is 10.1 Å². The van der Waals surface area contributed by atoms with Crippen LogP contribution in [0.4, 0.5) is 5.69 Å². The van der Waals surface area contributed by atoms with Crippen LogP contribution in [0.25, 0.3) is 11.3 Å². The number of carbonyl (C=O) groups excluding carboxylic acids is 1. The highest BCUT2D eigenvalue weighted by molar-refractivity contribution is 5.90. The summed E-state index contributed by atoms with van der Waals surface area (Å²) < 4.78 is 21.0. The van der Waals surface area contributed by atoms with Crippen molar-refractivity contribution in [1.29, 1.82) is 0 Å². The summed E-state index contributed by atoms with van der Waals surface area (Å²) in [5.74, 6) is 1.06. The van der Waals surface area contributed by atoms with Gasteiger partial charge in [-0.25, -0.2) is 4.79 Å². The fourth-order valence-corrected chi connectivity index (χ4v) is 2.53. The molecule has 0 saturated heterocycles. The summed E-state index contributed by atoms with van der Waals surface area (Å²) in [6.45, 7) is 0.0453. The molecule has 0 aliphatic carbocycles.